The Morgan fingerprint density at radius 3 is 2.50 bits per heavy atom. The van der Waals surface area contributed by atoms with Crippen LogP contribution in [0.15, 0.2) is 29.1 Å². The first kappa shape index (κ1) is 20.0. The van der Waals surface area contributed by atoms with Gasteiger partial charge in [-0.3, -0.25) is 9.69 Å². The van der Waals surface area contributed by atoms with E-state index in [4.69, 9.17) is 4.74 Å². The van der Waals surface area contributed by atoms with Gasteiger partial charge < -0.3 is 9.72 Å². The number of anilines is 1. The van der Waals surface area contributed by atoms with Gasteiger partial charge in [0.2, 0.25) is 0 Å². The van der Waals surface area contributed by atoms with Gasteiger partial charge in [-0.15, -0.1) is 0 Å². The summed E-state index contributed by atoms with van der Waals surface area (Å²) in [6, 6.07) is 4.84. The maximum atomic E-state index is 14.0. The highest BCUT2D eigenvalue weighted by molar-refractivity contribution is 5.91. The molecule has 2 aromatic rings. The van der Waals surface area contributed by atoms with Gasteiger partial charge in [-0.2, -0.15) is 0 Å². The first-order valence-electron chi connectivity index (χ1n) is 9.08. The van der Waals surface area contributed by atoms with E-state index in [1.54, 1.807) is 26.8 Å². The topological polar surface area (TPSA) is 62.4 Å². The number of rotatable bonds is 2. The van der Waals surface area contributed by atoms with E-state index in [1.807, 2.05) is 13.8 Å². The first-order valence-corrected chi connectivity index (χ1v) is 9.08. The zero-order valence-electron chi connectivity index (χ0n) is 16.7. The maximum Gasteiger partial charge on any atom is 0.414 e. The third kappa shape index (κ3) is 3.93. The molecule has 2 heterocycles. The minimum absolute atomic E-state index is 0.0166. The summed E-state index contributed by atoms with van der Waals surface area (Å²) in [6.07, 6.45) is -0.526. The van der Waals surface area contributed by atoms with Crippen molar-refractivity contribution < 1.29 is 18.3 Å². The Morgan fingerprint density at radius 2 is 1.89 bits per heavy atom. The molecule has 1 amide bonds. The van der Waals surface area contributed by atoms with E-state index in [0.29, 0.717) is 17.9 Å². The Labute approximate surface area is 162 Å². The molecule has 0 saturated heterocycles. The van der Waals surface area contributed by atoms with Crippen LogP contribution in [-0.4, -0.2) is 23.2 Å². The molecule has 150 valence electrons. The fourth-order valence-electron chi connectivity index (χ4n) is 3.33. The highest BCUT2D eigenvalue weighted by Crippen LogP contribution is 2.39. The van der Waals surface area contributed by atoms with Crippen molar-refractivity contribution in [2.75, 3.05) is 11.4 Å². The second kappa shape index (κ2) is 6.72. The number of aromatic nitrogens is 1. The van der Waals surface area contributed by atoms with Gasteiger partial charge >= 0.3 is 6.09 Å². The van der Waals surface area contributed by atoms with Crippen LogP contribution in [0.1, 0.15) is 51.4 Å². The Hall–Kier alpha value is -2.70. The van der Waals surface area contributed by atoms with Crippen LogP contribution in [0.4, 0.5) is 19.3 Å². The molecule has 0 unspecified atom stereocenters. The standard InChI is InChI=1S/C21H24F2N2O3/c1-20(2,3)28-19(27)25-11-21(4,5)17-16(25)9-13(18(26)24-17)8-12-6-7-14(22)10-15(12)23/h6-7,9-10H,8,11H2,1-5H3,(H,24,26). The number of benzene rings is 1. The summed E-state index contributed by atoms with van der Waals surface area (Å²) in [5.74, 6) is -1.40. The molecule has 0 saturated carbocycles. The fraction of sp³-hybridized carbons (Fsp3) is 0.429. The van der Waals surface area contributed by atoms with Gasteiger partial charge in [-0.25, -0.2) is 13.6 Å². The fourth-order valence-corrected chi connectivity index (χ4v) is 3.33. The summed E-state index contributed by atoms with van der Waals surface area (Å²) in [5.41, 5.74) is 0.171. The molecule has 0 spiro atoms. The van der Waals surface area contributed by atoms with E-state index in [0.717, 1.165) is 12.1 Å². The number of nitrogens with one attached hydrogen (secondary N) is 1. The Balaban J connectivity index is 2.02. The van der Waals surface area contributed by atoms with Gasteiger partial charge in [0.05, 0.1) is 5.69 Å². The zero-order valence-corrected chi connectivity index (χ0v) is 16.7. The average molecular weight is 390 g/mol. The summed E-state index contributed by atoms with van der Waals surface area (Å²) >= 11 is 0. The van der Waals surface area contributed by atoms with Crippen LogP contribution in [-0.2, 0) is 16.6 Å². The van der Waals surface area contributed by atoms with Crippen LogP contribution in [0.25, 0.3) is 0 Å². The minimum Gasteiger partial charge on any atom is -0.443 e. The molecule has 0 radical (unpaired) electrons. The lowest BCUT2D eigenvalue weighted by atomic mass is 9.91. The quantitative estimate of drug-likeness (QED) is 0.833. The number of nitrogens with zero attached hydrogens (tertiary/aromatic N) is 1. The van der Waals surface area contributed by atoms with Crippen LogP contribution in [0.2, 0.25) is 0 Å². The summed E-state index contributed by atoms with van der Waals surface area (Å²) < 4.78 is 32.6. The summed E-state index contributed by atoms with van der Waals surface area (Å²) in [7, 11) is 0. The van der Waals surface area contributed by atoms with E-state index in [-0.39, 0.29) is 23.1 Å². The van der Waals surface area contributed by atoms with E-state index < -0.39 is 28.7 Å². The summed E-state index contributed by atoms with van der Waals surface area (Å²) in [4.78, 5) is 29.6. The number of hydrogen-bond acceptors (Lipinski definition) is 3. The first-order chi connectivity index (χ1) is 12.9. The second-order valence-electron chi connectivity index (χ2n) is 8.75. The molecular weight excluding hydrogens is 366 g/mol. The number of halogens is 2. The molecule has 1 aromatic carbocycles. The normalized spacial score (nSPS) is 15.5. The van der Waals surface area contributed by atoms with Crippen molar-refractivity contribution in [2.24, 2.45) is 0 Å². The van der Waals surface area contributed by atoms with Gasteiger partial charge in [-0.1, -0.05) is 19.9 Å². The van der Waals surface area contributed by atoms with E-state index in [2.05, 4.69) is 4.98 Å². The molecule has 0 aliphatic carbocycles. The monoisotopic (exact) mass is 390 g/mol. The van der Waals surface area contributed by atoms with E-state index in [9.17, 15) is 18.4 Å². The number of pyridine rings is 1. The lowest BCUT2D eigenvalue weighted by molar-refractivity contribution is 0.0579. The number of carbonyl (C=O) groups is 1. The second-order valence-corrected chi connectivity index (χ2v) is 8.75. The number of fused-ring (bicyclic) bond motifs is 1. The number of hydrogen-bond donors (Lipinski definition) is 1. The van der Waals surface area contributed by atoms with Crippen LogP contribution >= 0.6 is 0 Å². The van der Waals surface area contributed by atoms with Crippen molar-refractivity contribution in [3.05, 3.63) is 63.1 Å². The van der Waals surface area contributed by atoms with E-state index >= 15 is 0 Å². The number of ether oxygens (including phenoxy) is 1. The van der Waals surface area contributed by atoms with Crippen LogP contribution in [0, 0.1) is 11.6 Å². The molecule has 0 atom stereocenters. The summed E-state index contributed by atoms with van der Waals surface area (Å²) in [5, 5.41) is 0. The number of amides is 1. The Morgan fingerprint density at radius 1 is 1.21 bits per heavy atom. The number of aromatic amines is 1. The van der Waals surface area contributed by atoms with Gasteiger partial charge in [0.25, 0.3) is 5.56 Å². The van der Waals surface area contributed by atoms with Crippen molar-refractivity contribution in [1.82, 2.24) is 4.98 Å². The molecule has 1 aliphatic heterocycles. The lowest BCUT2D eigenvalue weighted by Gasteiger charge is -2.25. The number of carbonyl (C=O) groups excluding carboxylic acids is 1. The molecule has 0 bridgehead atoms. The Bertz CT molecular complexity index is 990. The van der Waals surface area contributed by atoms with Crippen molar-refractivity contribution in [3.8, 4) is 0 Å². The zero-order chi connectivity index (χ0) is 20.9. The van der Waals surface area contributed by atoms with Crippen molar-refractivity contribution in [1.29, 1.82) is 0 Å². The molecule has 1 N–H and O–H groups in total. The third-order valence-electron chi connectivity index (χ3n) is 4.63. The molecule has 1 aromatic heterocycles. The molecule has 3 rings (SSSR count). The molecule has 0 fully saturated rings. The van der Waals surface area contributed by atoms with Crippen molar-refractivity contribution in [2.45, 2.75) is 52.1 Å². The van der Waals surface area contributed by atoms with Crippen LogP contribution in [0.3, 0.4) is 0 Å². The molecule has 7 heteroatoms. The summed E-state index contributed by atoms with van der Waals surface area (Å²) in [6.45, 7) is 9.53. The van der Waals surface area contributed by atoms with Gasteiger partial charge in [0.1, 0.15) is 17.2 Å². The predicted molar refractivity (Wildman–Crippen MR) is 103 cm³/mol. The molecule has 5 nitrogen and oxygen atoms in total. The maximum absolute atomic E-state index is 14.0. The van der Waals surface area contributed by atoms with Gasteiger partial charge in [0.15, 0.2) is 0 Å². The van der Waals surface area contributed by atoms with Crippen molar-refractivity contribution in [3.63, 3.8) is 0 Å². The molecule has 1 aliphatic rings. The number of H-pyrrole nitrogens is 1. The minimum atomic E-state index is -0.718. The third-order valence-corrected chi connectivity index (χ3v) is 4.63. The van der Waals surface area contributed by atoms with Crippen LogP contribution < -0.4 is 10.5 Å². The van der Waals surface area contributed by atoms with Crippen molar-refractivity contribution >= 4 is 11.8 Å². The molecule has 28 heavy (non-hydrogen) atoms. The average Bonchev–Trinajstić information content (AvgIpc) is 2.80. The van der Waals surface area contributed by atoms with E-state index in [1.165, 1.54) is 11.0 Å². The van der Waals surface area contributed by atoms with Gasteiger partial charge in [0, 0.05) is 35.7 Å². The highest BCUT2D eigenvalue weighted by Gasteiger charge is 2.41. The van der Waals surface area contributed by atoms with Crippen LogP contribution in [0.5, 0.6) is 0 Å². The van der Waals surface area contributed by atoms with Gasteiger partial charge in [-0.05, 0) is 38.5 Å². The Kier molecular flexibility index (Phi) is 4.81. The predicted octanol–water partition coefficient (Wildman–Crippen LogP) is 4.28. The highest BCUT2D eigenvalue weighted by atomic mass is 19.1. The molecular formula is C21H24F2N2O3. The lowest BCUT2D eigenvalue weighted by Crippen LogP contribution is -2.38. The SMILES string of the molecule is CC(C)(C)OC(=O)N1CC(C)(C)c2[nH]c(=O)c(Cc3ccc(F)cc3F)cc21. The smallest absolute Gasteiger partial charge is 0.414 e. The largest absolute Gasteiger partial charge is 0.443 e.